The molecule has 2 aromatic carbocycles. The molecule has 1 aliphatic rings. The third kappa shape index (κ3) is 4.67. The molecule has 1 amide bonds. The van der Waals surface area contributed by atoms with Crippen molar-refractivity contribution in [2.45, 2.75) is 36.2 Å². The number of nitrogens with zero attached hydrogens (tertiary/aromatic N) is 1. The molecule has 6 nitrogen and oxygen atoms in total. The number of amides is 1. The standard InChI is InChI=1S/C20H24N2O4S/c1-22(27(24,25)18-6-4-3-5-7-18)19(14-20(23)21-16-10-11-16)15-8-12-17(26-2)13-9-15/h3-9,12-13,16,19H,10-11,14H2,1-2H3,(H,21,23)/t19-/m1/s1. The van der Waals surface area contributed by atoms with Gasteiger partial charge in [-0.15, -0.1) is 0 Å². The van der Waals surface area contributed by atoms with E-state index in [-0.39, 0.29) is 23.3 Å². The lowest BCUT2D eigenvalue weighted by Crippen LogP contribution is -2.36. The van der Waals surface area contributed by atoms with E-state index in [0.717, 1.165) is 18.4 Å². The first-order chi connectivity index (χ1) is 12.9. The van der Waals surface area contributed by atoms with Crippen LogP contribution < -0.4 is 10.1 Å². The van der Waals surface area contributed by atoms with Gasteiger partial charge in [0.1, 0.15) is 5.75 Å². The van der Waals surface area contributed by atoms with Crippen LogP contribution in [0.3, 0.4) is 0 Å². The van der Waals surface area contributed by atoms with Crippen LogP contribution in [0.25, 0.3) is 0 Å². The highest BCUT2D eigenvalue weighted by Crippen LogP contribution is 2.30. The Morgan fingerprint density at radius 2 is 1.78 bits per heavy atom. The van der Waals surface area contributed by atoms with E-state index in [1.54, 1.807) is 61.7 Å². The van der Waals surface area contributed by atoms with Gasteiger partial charge in [-0.05, 0) is 42.7 Å². The fraction of sp³-hybridized carbons (Fsp3) is 0.350. The molecule has 0 aromatic heterocycles. The molecule has 0 aliphatic heterocycles. The smallest absolute Gasteiger partial charge is 0.243 e. The van der Waals surface area contributed by atoms with Gasteiger partial charge in [-0.25, -0.2) is 8.42 Å². The minimum absolute atomic E-state index is 0.0609. The third-order valence-corrected chi connectivity index (χ3v) is 6.56. The Bertz CT molecular complexity index is 878. The molecular formula is C20H24N2O4S. The largest absolute Gasteiger partial charge is 0.497 e. The van der Waals surface area contributed by atoms with E-state index >= 15 is 0 Å². The average Bonchev–Trinajstić information content (AvgIpc) is 3.50. The van der Waals surface area contributed by atoms with Crippen LogP contribution in [0.4, 0.5) is 0 Å². The molecule has 144 valence electrons. The van der Waals surface area contributed by atoms with E-state index in [0.29, 0.717) is 5.75 Å². The zero-order chi connectivity index (χ0) is 19.4. The topological polar surface area (TPSA) is 75.7 Å². The lowest BCUT2D eigenvalue weighted by atomic mass is 10.0. The van der Waals surface area contributed by atoms with Gasteiger partial charge in [-0.2, -0.15) is 4.31 Å². The van der Waals surface area contributed by atoms with Gasteiger partial charge in [0.25, 0.3) is 0 Å². The molecule has 3 rings (SSSR count). The van der Waals surface area contributed by atoms with E-state index in [9.17, 15) is 13.2 Å². The van der Waals surface area contributed by atoms with Crippen LogP contribution in [-0.4, -0.2) is 38.8 Å². The number of rotatable bonds is 8. The maximum absolute atomic E-state index is 13.1. The van der Waals surface area contributed by atoms with Gasteiger partial charge >= 0.3 is 0 Å². The first-order valence-electron chi connectivity index (χ1n) is 8.88. The average molecular weight is 388 g/mol. The molecule has 0 heterocycles. The maximum atomic E-state index is 13.1. The predicted molar refractivity (Wildman–Crippen MR) is 103 cm³/mol. The molecule has 1 fully saturated rings. The van der Waals surface area contributed by atoms with E-state index in [2.05, 4.69) is 5.32 Å². The summed E-state index contributed by atoms with van der Waals surface area (Å²) < 4.78 is 32.6. The summed E-state index contributed by atoms with van der Waals surface area (Å²) >= 11 is 0. The summed E-state index contributed by atoms with van der Waals surface area (Å²) in [5.74, 6) is 0.530. The molecule has 0 unspecified atom stereocenters. The summed E-state index contributed by atoms with van der Waals surface area (Å²) in [4.78, 5) is 12.6. The summed E-state index contributed by atoms with van der Waals surface area (Å²) in [5, 5.41) is 2.94. The third-order valence-electron chi connectivity index (χ3n) is 4.68. The second-order valence-electron chi connectivity index (χ2n) is 6.67. The highest BCUT2D eigenvalue weighted by atomic mass is 32.2. The van der Waals surface area contributed by atoms with Gasteiger partial charge in [-0.1, -0.05) is 30.3 Å². The van der Waals surface area contributed by atoms with E-state index in [1.807, 2.05) is 0 Å². The maximum Gasteiger partial charge on any atom is 0.243 e. The van der Waals surface area contributed by atoms with Crippen LogP contribution in [0.1, 0.15) is 30.9 Å². The fourth-order valence-corrected chi connectivity index (χ4v) is 4.26. The molecule has 1 aliphatic carbocycles. The number of methoxy groups -OCH3 is 1. The second-order valence-corrected chi connectivity index (χ2v) is 8.67. The Balaban J connectivity index is 1.90. The predicted octanol–water partition coefficient (Wildman–Crippen LogP) is 2.73. The highest BCUT2D eigenvalue weighted by molar-refractivity contribution is 7.89. The quantitative estimate of drug-likeness (QED) is 0.754. The van der Waals surface area contributed by atoms with Gasteiger partial charge in [0.05, 0.1) is 18.0 Å². The van der Waals surface area contributed by atoms with Gasteiger partial charge in [-0.3, -0.25) is 4.79 Å². The summed E-state index contributed by atoms with van der Waals surface area (Å²) in [6.07, 6.45) is 2.03. The normalized spacial score (nSPS) is 15.4. The molecule has 0 spiro atoms. The number of sulfonamides is 1. The molecule has 0 radical (unpaired) electrons. The first kappa shape index (κ1) is 19.4. The zero-order valence-electron chi connectivity index (χ0n) is 15.5. The van der Waals surface area contributed by atoms with Crippen LogP contribution in [0.2, 0.25) is 0 Å². The van der Waals surface area contributed by atoms with Crippen LogP contribution in [0, 0.1) is 0 Å². The molecule has 0 saturated heterocycles. The van der Waals surface area contributed by atoms with Crippen molar-refractivity contribution in [1.29, 1.82) is 0 Å². The molecule has 1 saturated carbocycles. The van der Waals surface area contributed by atoms with E-state index in [4.69, 9.17) is 4.74 Å². The van der Waals surface area contributed by atoms with Crippen LogP contribution in [0.15, 0.2) is 59.5 Å². The summed E-state index contributed by atoms with van der Waals surface area (Å²) in [6, 6.07) is 15.0. The lowest BCUT2D eigenvalue weighted by Gasteiger charge is -2.28. The number of nitrogens with one attached hydrogen (secondary N) is 1. The number of hydrogen-bond donors (Lipinski definition) is 1. The Kier molecular flexibility index (Phi) is 5.82. The molecule has 1 atom stereocenters. The second kappa shape index (κ2) is 8.10. The van der Waals surface area contributed by atoms with Crippen molar-refractivity contribution in [3.8, 4) is 5.75 Å². The Hall–Kier alpha value is -2.38. The molecule has 1 N–H and O–H groups in total. The van der Waals surface area contributed by atoms with Gasteiger partial charge in [0.2, 0.25) is 15.9 Å². The molecule has 2 aromatic rings. The highest BCUT2D eigenvalue weighted by Gasteiger charge is 2.32. The van der Waals surface area contributed by atoms with Crippen LogP contribution in [0.5, 0.6) is 5.75 Å². The Labute approximate surface area is 160 Å². The number of hydrogen-bond acceptors (Lipinski definition) is 4. The van der Waals surface area contributed by atoms with Gasteiger partial charge in [0, 0.05) is 19.5 Å². The van der Waals surface area contributed by atoms with Crippen molar-refractivity contribution in [3.63, 3.8) is 0 Å². The van der Waals surface area contributed by atoms with E-state index in [1.165, 1.54) is 11.4 Å². The fourth-order valence-electron chi connectivity index (χ4n) is 2.90. The number of carbonyl (C=O) groups is 1. The van der Waals surface area contributed by atoms with Crippen LogP contribution >= 0.6 is 0 Å². The minimum Gasteiger partial charge on any atom is -0.497 e. The summed E-state index contributed by atoms with van der Waals surface area (Å²) in [6.45, 7) is 0. The number of carbonyl (C=O) groups excluding carboxylic acids is 1. The van der Waals surface area contributed by atoms with Crippen molar-refractivity contribution >= 4 is 15.9 Å². The molecule has 0 bridgehead atoms. The first-order valence-corrected chi connectivity index (χ1v) is 10.3. The van der Waals surface area contributed by atoms with Crippen molar-refractivity contribution in [1.82, 2.24) is 9.62 Å². The molecule has 7 heteroatoms. The Morgan fingerprint density at radius 3 is 2.33 bits per heavy atom. The summed E-state index contributed by atoms with van der Waals surface area (Å²) in [5.41, 5.74) is 0.740. The van der Waals surface area contributed by atoms with Gasteiger partial charge in [0.15, 0.2) is 0 Å². The van der Waals surface area contributed by atoms with Crippen molar-refractivity contribution in [3.05, 3.63) is 60.2 Å². The number of ether oxygens (including phenoxy) is 1. The summed E-state index contributed by atoms with van der Waals surface area (Å²) in [7, 11) is -0.652. The van der Waals surface area contributed by atoms with Crippen molar-refractivity contribution in [2.24, 2.45) is 0 Å². The van der Waals surface area contributed by atoms with Crippen molar-refractivity contribution in [2.75, 3.05) is 14.2 Å². The number of benzene rings is 2. The zero-order valence-corrected chi connectivity index (χ0v) is 16.3. The lowest BCUT2D eigenvalue weighted by molar-refractivity contribution is -0.122. The molecule has 27 heavy (non-hydrogen) atoms. The van der Waals surface area contributed by atoms with Crippen molar-refractivity contribution < 1.29 is 17.9 Å². The Morgan fingerprint density at radius 1 is 1.15 bits per heavy atom. The monoisotopic (exact) mass is 388 g/mol. The molecular weight excluding hydrogens is 364 g/mol. The minimum atomic E-state index is -3.74. The van der Waals surface area contributed by atoms with E-state index < -0.39 is 16.1 Å². The van der Waals surface area contributed by atoms with Crippen LogP contribution in [-0.2, 0) is 14.8 Å². The van der Waals surface area contributed by atoms with Gasteiger partial charge < -0.3 is 10.1 Å². The SMILES string of the molecule is COc1ccc([C@@H](CC(=O)NC2CC2)N(C)S(=O)(=O)c2ccccc2)cc1.